The summed E-state index contributed by atoms with van der Waals surface area (Å²) in [5, 5.41) is 33.8. The van der Waals surface area contributed by atoms with E-state index in [0.29, 0.717) is 0 Å². The van der Waals surface area contributed by atoms with Crippen LogP contribution in [0.5, 0.6) is 0 Å². The molecule has 88 valence electrons. The van der Waals surface area contributed by atoms with Crippen LogP contribution in [0, 0.1) is 0 Å². The summed E-state index contributed by atoms with van der Waals surface area (Å²) in [5.41, 5.74) is -2.74. The van der Waals surface area contributed by atoms with Crippen molar-refractivity contribution in [1.82, 2.24) is 0 Å². The molecular weight excluding hydrogens is 269 g/mol. The van der Waals surface area contributed by atoms with Gasteiger partial charge in [-0.2, -0.15) is 0 Å². The van der Waals surface area contributed by atoms with E-state index in [-0.39, 0.29) is 94.1 Å². The van der Waals surface area contributed by atoms with E-state index in [1.807, 2.05) is 0 Å². The number of rotatable bonds is 5. The van der Waals surface area contributed by atoms with Crippen LogP contribution in [0.25, 0.3) is 0 Å². The fourth-order valence-corrected chi connectivity index (χ4v) is 0.714. The van der Waals surface area contributed by atoms with Crippen LogP contribution in [-0.2, 0) is 14.4 Å². The van der Waals surface area contributed by atoms with E-state index in [1.54, 1.807) is 0 Å². The summed E-state index contributed by atoms with van der Waals surface area (Å²) >= 11 is 0. The second kappa shape index (κ2) is 13.8. The second-order valence-electron chi connectivity index (χ2n) is 2.48. The van der Waals surface area contributed by atoms with Crippen molar-refractivity contribution in [3.05, 3.63) is 0 Å². The number of hydrogen-bond donors (Lipinski definition) is 4. The topological polar surface area (TPSA) is 164 Å². The van der Waals surface area contributed by atoms with Gasteiger partial charge < -0.3 is 25.9 Å². The third-order valence-corrected chi connectivity index (χ3v) is 1.29. The fraction of sp³-hybridized carbons (Fsp3) is 0.500. The van der Waals surface area contributed by atoms with Gasteiger partial charge in [-0.25, -0.2) is 4.79 Å². The Labute approximate surface area is 163 Å². The molecule has 0 bridgehead atoms. The van der Waals surface area contributed by atoms with Gasteiger partial charge in [-0.15, -0.1) is 0 Å². The number of carbonyl (C=O) groups is 3. The van der Waals surface area contributed by atoms with Gasteiger partial charge in [-0.3, -0.25) is 9.59 Å². The van der Waals surface area contributed by atoms with Crippen molar-refractivity contribution in [1.29, 1.82) is 0 Å². The second-order valence-corrected chi connectivity index (χ2v) is 2.48. The normalized spacial score (nSPS) is 8.29. The van der Waals surface area contributed by atoms with Crippen LogP contribution in [0.1, 0.15) is 12.8 Å². The summed E-state index contributed by atoms with van der Waals surface area (Å²) < 4.78 is 0. The molecule has 0 aliphatic carbocycles. The molecule has 0 aromatic heterocycles. The summed E-state index contributed by atoms with van der Waals surface area (Å²) in [6, 6.07) is 0. The number of hydrogen-bond acceptors (Lipinski definition) is 4. The minimum absolute atomic E-state index is 0. The van der Waals surface area contributed by atoms with Crippen LogP contribution in [0.2, 0.25) is 0 Å². The monoisotopic (exact) mass is 282 g/mol. The van der Waals surface area contributed by atoms with E-state index in [4.69, 9.17) is 20.4 Å². The van der Waals surface area contributed by atoms with E-state index in [0.717, 1.165) is 0 Å². The molecule has 0 saturated carbocycles. The van der Waals surface area contributed by atoms with Crippen molar-refractivity contribution in [3.8, 4) is 0 Å². The fourth-order valence-electron chi connectivity index (χ4n) is 0.714. The Bertz CT molecular complexity index is 240. The maximum absolute atomic E-state index is 10.3. The number of carboxylic acids is 3. The Morgan fingerprint density at radius 2 is 1.06 bits per heavy atom. The SMILES string of the molecule is O.O=C(O)CC(O)(CC(=O)O)C(=O)O.[NaH].[NaH].[NaH]. The maximum atomic E-state index is 10.3. The summed E-state index contributed by atoms with van der Waals surface area (Å²) in [7, 11) is 0. The van der Waals surface area contributed by atoms with Crippen LogP contribution in [0.4, 0.5) is 0 Å². The van der Waals surface area contributed by atoms with Crippen molar-refractivity contribution in [3.63, 3.8) is 0 Å². The molecule has 0 aromatic carbocycles. The van der Waals surface area contributed by atoms with Crippen LogP contribution in [0.15, 0.2) is 0 Å². The molecule has 6 N–H and O–H groups in total. The molecule has 11 heteroatoms. The predicted octanol–water partition coefficient (Wildman–Crippen LogP) is -4.02. The molecule has 0 aliphatic heterocycles. The number of aliphatic hydroxyl groups is 1. The summed E-state index contributed by atoms with van der Waals surface area (Å²) in [6.07, 6.45) is -2.29. The zero-order valence-corrected chi connectivity index (χ0v) is 6.93. The molecule has 0 aromatic rings. The Balaban J connectivity index is -0.000000120. The Hall–Kier alpha value is 1.33. The van der Waals surface area contributed by atoms with Gasteiger partial charge in [0.15, 0.2) is 5.60 Å². The van der Waals surface area contributed by atoms with Gasteiger partial charge in [0.2, 0.25) is 0 Å². The molecule has 17 heavy (non-hydrogen) atoms. The van der Waals surface area contributed by atoms with E-state index in [2.05, 4.69) is 0 Å². The van der Waals surface area contributed by atoms with Gasteiger partial charge >= 0.3 is 107 Å². The zero-order valence-electron chi connectivity index (χ0n) is 6.93. The first kappa shape index (κ1) is 31.0. The molecule has 0 saturated heterocycles. The Kier molecular flexibility index (Phi) is 25.1. The standard InChI is InChI=1S/C6H8O7.3Na.H2O.3H/c7-3(8)1-6(13,5(11)12)2-4(9)10;;;;;;;/h13H,1-2H2,(H,7,8)(H,9,10)(H,11,12);;;;1H2;;;. The summed E-state index contributed by atoms with van der Waals surface area (Å²) in [4.78, 5) is 30.5. The van der Waals surface area contributed by atoms with Crippen LogP contribution < -0.4 is 0 Å². The van der Waals surface area contributed by atoms with Gasteiger partial charge in [-0.1, -0.05) is 0 Å². The first-order valence-electron chi connectivity index (χ1n) is 3.17. The molecule has 8 nitrogen and oxygen atoms in total. The van der Waals surface area contributed by atoms with E-state index < -0.39 is 36.4 Å². The molecule has 0 heterocycles. The molecule has 0 aliphatic rings. The predicted molar refractivity (Wildman–Crippen MR) is 62.2 cm³/mol. The average Bonchev–Trinajstić information content (AvgIpc) is 1.82. The van der Waals surface area contributed by atoms with Crippen molar-refractivity contribution in [2.75, 3.05) is 0 Å². The van der Waals surface area contributed by atoms with Crippen molar-refractivity contribution in [2.24, 2.45) is 0 Å². The molecule has 0 rings (SSSR count). The number of carboxylic acid groups (broad SMARTS) is 3. The quantitative estimate of drug-likeness (QED) is 0.373. The zero-order chi connectivity index (χ0) is 10.6. The Morgan fingerprint density at radius 1 is 0.824 bits per heavy atom. The van der Waals surface area contributed by atoms with Crippen LogP contribution in [-0.4, -0.2) is 138 Å². The summed E-state index contributed by atoms with van der Waals surface area (Å²) in [6.45, 7) is 0. The molecule has 0 unspecified atom stereocenters. The third kappa shape index (κ3) is 13.6. The summed E-state index contributed by atoms with van der Waals surface area (Å²) in [5.74, 6) is -5.02. The molecule has 0 atom stereocenters. The first-order chi connectivity index (χ1) is 5.78. The molecule has 0 radical (unpaired) electrons. The molecule has 0 fully saturated rings. The van der Waals surface area contributed by atoms with Gasteiger partial charge in [0.25, 0.3) is 0 Å². The van der Waals surface area contributed by atoms with Gasteiger partial charge in [-0.05, 0) is 0 Å². The van der Waals surface area contributed by atoms with Crippen molar-refractivity contribution < 1.29 is 40.3 Å². The molecule has 0 amide bonds. The van der Waals surface area contributed by atoms with Gasteiger partial charge in [0, 0.05) is 0 Å². The van der Waals surface area contributed by atoms with Crippen LogP contribution in [0.3, 0.4) is 0 Å². The van der Waals surface area contributed by atoms with Crippen LogP contribution >= 0.6 is 0 Å². The van der Waals surface area contributed by atoms with E-state index in [9.17, 15) is 14.4 Å². The van der Waals surface area contributed by atoms with Crippen molar-refractivity contribution >= 4 is 107 Å². The Morgan fingerprint density at radius 3 is 1.18 bits per heavy atom. The first-order valence-corrected chi connectivity index (χ1v) is 3.17. The average molecular weight is 282 g/mol. The van der Waals surface area contributed by atoms with Gasteiger partial charge in [0.05, 0.1) is 12.8 Å². The van der Waals surface area contributed by atoms with E-state index >= 15 is 0 Å². The van der Waals surface area contributed by atoms with Crippen molar-refractivity contribution in [2.45, 2.75) is 18.4 Å². The minimum atomic E-state index is -2.74. The number of aliphatic carboxylic acids is 3. The third-order valence-electron chi connectivity index (χ3n) is 1.29. The van der Waals surface area contributed by atoms with E-state index in [1.165, 1.54) is 0 Å². The molecule has 0 spiro atoms. The molecular formula is C6H13Na3O8. The van der Waals surface area contributed by atoms with Gasteiger partial charge in [0.1, 0.15) is 0 Å².